The van der Waals surface area contributed by atoms with E-state index >= 15 is 0 Å². The third-order valence-electron chi connectivity index (χ3n) is 2.31. The first-order valence-corrected chi connectivity index (χ1v) is 7.91. The van der Waals surface area contributed by atoms with E-state index in [0.29, 0.717) is 18.6 Å². The Labute approximate surface area is 117 Å². The van der Waals surface area contributed by atoms with Gasteiger partial charge in [-0.15, -0.1) is 0 Å². The highest BCUT2D eigenvalue weighted by molar-refractivity contribution is 6.46. The maximum atomic E-state index is 11.6. The molecule has 0 heterocycles. The highest BCUT2D eigenvalue weighted by atomic mass is 28.3. The molecule has 111 valence electrons. The van der Waals surface area contributed by atoms with Gasteiger partial charge in [0, 0.05) is 19.3 Å². The van der Waals surface area contributed by atoms with Crippen LogP contribution in [0.2, 0.25) is 0 Å². The van der Waals surface area contributed by atoms with Crippen molar-refractivity contribution >= 4 is 15.3 Å². The zero-order valence-electron chi connectivity index (χ0n) is 12.5. The van der Waals surface area contributed by atoms with Crippen molar-refractivity contribution in [2.45, 2.75) is 52.6 Å². The van der Waals surface area contributed by atoms with E-state index in [0.717, 1.165) is 6.42 Å². The molecule has 0 aliphatic heterocycles. The van der Waals surface area contributed by atoms with Crippen LogP contribution in [-0.4, -0.2) is 41.0 Å². The Morgan fingerprint density at radius 2 is 2.00 bits per heavy atom. The minimum Gasteiger partial charge on any atom is -0.457 e. The zero-order valence-corrected chi connectivity index (χ0v) is 13.5. The second-order valence-electron chi connectivity index (χ2n) is 4.14. The van der Waals surface area contributed by atoms with Crippen LogP contribution in [0.4, 0.5) is 0 Å². The molecule has 0 aromatic heterocycles. The molecule has 6 heteroatoms. The minimum absolute atomic E-state index is 0.364. The van der Waals surface area contributed by atoms with Crippen molar-refractivity contribution in [1.29, 1.82) is 0 Å². The van der Waals surface area contributed by atoms with Gasteiger partial charge in [0.05, 0.1) is 0 Å². The Morgan fingerprint density at radius 1 is 1.37 bits per heavy atom. The van der Waals surface area contributed by atoms with E-state index < -0.39 is 15.3 Å². The topological polar surface area (TPSA) is 54.0 Å². The predicted molar refractivity (Wildman–Crippen MR) is 74.5 cm³/mol. The molecule has 0 amide bonds. The smallest absolute Gasteiger partial charge is 0.431 e. The molecule has 5 nitrogen and oxygen atoms in total. The lowest BCUT2D eigenvalue weighted by Crippen LogP contribution is -2.43. The highest BCUT2D eigenvalue weighted by Crippen LogP contribution is 2.13. The Balaban J connectivity index is 4.73. The second-order valence-corrected chi connectivity index (χ2v) is 5.94. The molecule has 0 spiro atoms. The Morgan fingerprint density at radius 3 is 2.42 bits per heavy atom. The normalized spacial score (nSPS) is 14.2. The van der Waals surface area contributed by atoms with Gasteiger partial charge < -0.3 is 18.3 Å². The van der Waals surface area contributed by atoms with Gasteiger partial charge in [-0.25, -0.2) is 4.79 Å². The number of carbonyl (C=O) groups excluding carboxylic acids is 1. The standard InChI is InChI=1S/C13H25O5Si/c1-7-9-12(17-13(14)10(3)4)19(16-8-2)18-11(5)15-6/h11-12H,3,7-9H2,1-2,4-6H3. The molecule has 0 bridgehead atoms. The van der Waals surface area contributed by atoms with Crippen molar-refractivity contribution in [3.63, 3.8) is 0 Å². The van der Waals surface area contributed by atoms with Crippen molar-refractivity contribution in [1.82, 2.24) is 0 Å². The van der Waals surface area contributed by atoms with E-state index in [2.05, 4.69) is 6.58 Å². The van der Waals surface area contributed by atoms with Crippen molar-refractivity contribution < 1.29 is 23.1 Å². The van der Waals surface area contributed by atoms with Crippen LogP contribution in [0.5, 0.6) is 0 Å². The monoisotopic (exact) mass is 289 g/mol. The van der Waals surface area contributed by atoms with E-state index in [9.17, 15) is 4.79 Å². The van der Waals surface area contributed by atoms with Gasteiger partial charge in [-0.05, 0) is 27.2 Å². The fourth-order valence-corrected chi connectivity index (χ4v) is 3.11. The Kier molecular flexibility index (Phi) is 9.77. The number of ether oxygens (including phenoxy) is 2. The first-order valence-electron chi connectivity index (χ1n) is 6.51. The van der Waals surface area contributed by atoms with Gasteiger partial charge in [0.15, 0.2) is 0 Å². The number of hydrogen-bond donors (Lipinski definition) is 0. The molecule has 0 saturated carbocycles. The third kappa shape index (κ3) is 7.46. The average Bonchev–Trinajstić information content (AvgIpc) is 2.37. The molecular weight excluding hydrogens is 264 g/mol. The van der Waals surface area contributed by atoms with E-state index in [4.69, 9.17) is 18.3 Å². The summed E-state index contributed by atoms with van der Waals surface area (Å²) >= 11 is 0. The molecule has 0 fully saturated rings. The van der Waals surface area contributed by atoms with Crippen LogP contribution in [-0.2, 0) is 23.1 Å². The maximum absolute atomic E-state index is 11.6. The molecule has 1 radical (unpaired) electrons. The summed E-state index contributed by atoms with van der Waals surface area (Å²) in [4.78, 5) is 11.6. The van der Waals surface area contributed by atoms with Crippen molar-refractivity contribution in [2.24, 2.45) is 0 Å². The van der Waals surface area contributed by atoms with Gasteiger partial charge in [0.1, 0.15) is 12.0 Å². The molecule has 0 aliphatic rings. The highest BCUT2D eigenvalue weighted by Gasteiger charge is 2.33. The summed E-state index contributed by atoms with van der Waals surface area (Å²) in [6.07, 6.45) is 1.19. The molecule has 0 aromatic carbocycles. The van der Waals surface area contributed by atoms with Crippen molar-refractivity contribution in [3.05, 3.63) is 12.2 Å². The molecule has 0 rings (SSSR count). The lowest BCUT2D eigenvalue weighted by atomic mass is 10.3. The molecule has 0 aromatic rings. The summed E-state index contributed by atoms with van der Waals surface area (Å²) in [6, 6.07) is 0. The van der Waals surface area contributed by atoms with Crippen LogP contribution in [0, 0.1) is 0 Å². The number of esters is 1. The van der Waals surface area contributed by atoms with Gasteiger partial charge in [0.25, 0.3) is 0 Å². The van der Waals surface area contributed by atoms with Gasteiger partial charge in [0.2, 0.25) is 0 Å². The molecule has 2 unspecified atom stereocenters. The molecule has 19 heavy (non-hydrogen) atoms. The van der Waals surface area contributed by atoms with Crippen molar-refractivity contribution in [3.8, 4) is 0 Å². The zero-order chi connectivity index (χ0) is 14.8. The number of hydrogen-bond acceptors (Lipinski definition) is 5. The van der Waals surface area contributed by atoms with E-state index in [1.165, 1.54) is 0 Å². The van der Waals surface area contributed by atoms with Crippen LogP contribution in [0.1, 0.15) is 40.5 Å². The molecule has 0 aliphatic carbocycles. The lowest BCUT2D eigenvalue weighted by molar-refractivity contribution is -0.143. The first kappa shape index (κ1) is 18.3. The van der Waals surface area contributed by atoms with Crippen LogP contribution in [0.3, 0.4) is 0 Å². The largest absolute Gasteiger partial charge is 0.457 e. The number of methoxy groups -OCH3 is 1. The Hall–Kier alpha value is -0.693. The maximum Gasteiger partial charge on any atom is 0.431 e. The summed E-state index contributed by atoms with van der Waals surface area (Å²) in [7, 11) is -0.185. The predicted octanol–water partition coefficient (Wildman–Crippen LogP) is 2.35. The summed E-state index contributed by atoms with van der Waals surface area (Å²) in [5, 5.41) is 0. The van der Waals surface area contributed by atoms with Gasteiger partial charge in [-0.3, -0.25) is 0 Å². The SMILES string of the molecule is C=C(C)C(=O)OC(CCC)[Si](OCC)OC(C)OC. The average molecular weight is 289 g/mol. The first-order chi connectivity index (χ1) is 8.96. The van der Waals surface area contributed by atoms with Crippen molar-refractivity contribution in [2.75, 3.05) is 13.7 Å². The molecule has 2 atom stereocenters. The summed E-state index contributed by atoms with van der Waals surface area (Å²) in [5.74, 6) is -0.408. The number of rotatable bonds is 10. The minimum atomic E-state index is -1.75. The van der Waals surface area contributed by atoms with Crippen LogP contribution >= 0.6 is 0 Å². The van der Waals surface area contributed by atoms with Gasteiger partial charge in [-0.1, -0.05) is 19.9 Å². The van der Waals surface area contributed by atoms with Crippen LogP contribution < -0.4 is 0 Å². The molecular formula is C13H25O5Si. The summed E-state index contributed by atoms with van der Waals surface area (Å²) < 4.78 is 21.8. The fraction of sp³-hybridized carbons (Fsp3) is 0.769. The fourth-order valence-electron chi connectivity index (χ4n) is 1.27. The molecule has 0 saturated heterocycles. The summed E-state index contributed by atoms with van der Waals surface area (Å²) in [5.41, 5.74) is 0.00971. The van der Waals surface area contributed by atoms with Crippen LogP contribution in [0.15, 0.2) is 12.2 Å². The van der Waals surface area contributed by atoms with E-state index in [-0.39, 0.29) is 12.0 Å². The summed E-state index contributed by atoms with van der Waals surface area (Å²) in [6.45, 7) is 11.4. The third-order valence-corrected chi connectivity index (χ3v) is 4.38. The van der Waals surface area contributed by atoms with Gasteiger partial charge >= 0.3 is 15.3 Å². The van der Waals surface area contributed by atoms with Crippen LogP contribution in [0.25, 0.3) is 0 Å². The quantitative estimate of drug-likeness (QED) is 0.267. The van der Waals surface area contributed by atoms with E-state index in [1.807, 2.05) is 13.8 Å². The second kappa shape index (κ2) is 10.1. The molecule has 0 N–H and O–H groups in total. The van der Waals surface area contributed by atoms with E-state index in [1.54, 1.807) is 21.0 Å². The lowest BCUT2D eigenvalue weighted by Gasteiger charge is -2.25. The Bertz CT molecular complexity index is 282. The number of carbonyl (C=O) groups is 1. The van der Waals surface area contributed by atoms with Gasteiger partial charge in [-0.2, -0.15) is 0 Å².